The zero-order chi connectivity index (χ0) is 13.3. The minimum atomic E-state index is -0.953. The number of nitrogens with zero attached hydrogens (tertiary/aromatic N) is 3. The molecule has 0 saturated carbocycles. The van der Waals surface area contributed by atoms with E-state index in [0.29, 0.717) is 6.07 Å². The van der Waals surface area contributed by atoms with Crippen LogP contribution in [0.15, 0.2) is 18.5 Å². The normalized spacial score (nSPS) is 10.4. The average Bonchev–Trinajstić information content (AvgIpc) is 2.78. The van der Waals surface area contributed by atoms with Gasteiger partial charge in [0.05, 0.1) is 11.8 Å². The Labute approximate surface area is 99.4 Å². The number of carbonyl (C=O) groups is 1. The van der Waals surface area contributed by atoms with Gasteiger partial charge in [-0.2, -0.15) is 5.10 Å². The predicted octanol–water partition coefficient (Wildman–Crippen LogP) is -0.0700. The summed E-state index contributed by atoms with van der Waals surface area (Å²) in [6, 6.07) is 0.600. The molecular formula is C9H8F2N6O. The standard InChI is InChI=1S/C9H8F2N6O/c10-5-1-6(11)9(15-8(5)16-13)17-3-4(2-14-17)7(12)18/h1-3H,13H2,(H2,12,18)(H,15,16). The molecule has 2 heterocycles. The van der Waals surface area contributed by atoms with Crippen LogP contribution in [0.2, 0.25) is 0 Å². The number of hydrazine groups is 1. The van der Waals surface area contributed by atoms with Crippen LogP contribution in [-0.2, 0) is 0 Å². The maximum absolute atomic E-state index is 13.5. The van der Waals surface area contributed by atoms with E-state index in [2.05, 4.69) is 10.1 Å². The molecule has 0 atom stereocenters. The smallest absolute Gasteiger partial charge is 0.251 e. The number of carbonyl (C=O) groups excluding carboxylic acids is 1. The predicted molar refractivity (Wildman–Crippen MR) is 57.6 cm³/mol. The molecule has 0 unspecified atom stereocenters. The van der Waals surface area contributed by atoms with Gasteiger partial charge in [0.2, 0.25) is 0 Å². The van der Waals surface area contributed by atoms with E-state index in [-0.39, 0.29) is 17.2 Å². The van der Waals surface area contributed by atoms with Crippen molar-refractivity contribution in [2.45, 2.75) is 0 Å². The van der Waals surface area contributed by atoms with Crippen LogP contribution < -0.4 is 17.0 Å². The lowest BCUT2D eigenvalue weighted by atomic mass is 10.3. The van der Waals surface area contributed by atoms with Gasteiger partial charge in [-0.05, 0) is 0 Å². The Morgan fingerprint density at radius 2 is 2.11 bits per heavy atom. The van der Waals surface area contributed by atoms with Crippen LogP contribution in [0.5, 0.6) is 0 Å². The molecule has 0 fully saturated rings. The second-order valence-electron chi connectivity index (χ2n) is 3.31. The van der Waals surface area contributed by atoms with Crippen LogP contribution in [0.4, 0.5) is 14.6 Å². The van der Waals surface area contributed by atoms with E-state index in [4.69, 9.17) is 11.6 Å². The average molecular weight is 254 g/mol. The first-order chi connectivity index (χ1) is 8.52. The summed E-state index contributed by atoms with van der Waals surface area (Å²) in [5.41, 5.74) is 7.07. The molecule has 94 valence electrons. The van der Waals surface area contributed by atoms with Gasteiger partial charge in [0.1, 0.15) is 0 Å². The van der Waals surface area contributed by atoms with E-state index in [1.54, 1.807) is 0 Å². The van der Waals surface area contributed by atoms with Crippen molar-refractivity contribution in [2.75, 3.05) is 5.43 Å². The van der Waals surface area contributed by atoms with Gasteiger partial charge in [-0.15, -0.1) is 0 Å². The quantitative estimate of drug-likeness (QED) is 0.524. The highest BCUT2D eigenvalue weighted by atomic mass is 19.1. The second kappa shape index (κ2) is 4.37. The van der Waals surface area contributed by atoms with Gasteiger partial charge >= 0.3 is 0 Å². The molecule has 0 aliphatic carbocycles. The monoisotopic (exact) mass is 254 g/mol. The van der Waals surface area contributed by atoms with E-state index in [0.717, 1.165) is 10.9 Å². The van der Waals surface area contributed by atoms with E-state index >= 15 is 0 Å². The summed E-state index contributed by atoms with van der Waals surface area (Å²) in [6.07, 6.45) is 2.31. The molecule has 0 radical (unpaired) electrons. The molecule has 0 aliphatic heterocycles. The molecule has 0 bridgehead atoms. The van der Waals surface area contributed by atoms with Gasteiger partial charge in [-0.3, -0.25) is 4.79 Å². The third kappa shape index (κ3) is 1.98. The van der Waals surface area contributed by atoms with Gasteiger partial charge in [0, 0.05) is 12.3 Å². The molecule has 2 rings (SSSR count). The summed E-state index contributed by atoms with van der Waals surface area (Å²) < 4.78 is 27.6. The van der Waals surface area contributed by atoms with Gasteiger partial charge in [0.25, 0.3) is 5.91 Å². The fourth-order valence-corrected chi connectivity index (χ4v) is 1.28. The molecule has 7 nitrogen and oxygen atoms in total. The Balaban J connectivity index is 2.52. The molecule has 0 aromatic carbocycles. The van der Waals surface area contributed by atoms with Crippen molar-refractivity contribution in [1.29, 1.82) is 0 Å². The Morgan fingerprint density at radius 3 is 2.67 bits per heavy atom. The number of nitrogen functional groups attached to an aromatic ring is 1. The van der Waals surface area contributed by atoms with Gasteiger partial charge < -0.3 is 11.2 Å². The van der Waals surface area contributed by atoms with Crippen molar-refractivity contribution in [1.82, 2.24) is 14.8 Å². The lowest BCUT2D eigenvalue weighted by molar-refractivity contribution is 0.100. The highest BCUT2D eigenvalue weighted by Gasteiger charge is 2.14. The maximum Gasteiger partial charge on any atom is 0.251 e. The van der Waals surface area contributed by atoms with Gasteiger partial charge in [0.15, 0.2) is 23.3 Å². The molecule has 2 aromatic heterocycles. The summed E-state index contributed by atoms with van der Waals surface area (Å²) in [5.74, 6) is 1.75. The molecule has 0 aliphatic rings. The Bertz CT molecular complexity index is 611. The van der Waals surface area contributed by atoms with E-state index < -0.39 is 17.5 Å². The first kappa shape index (κ1) is 11.9. The fraction of sp³-hybridized carbons (Fsp3) is 0. The summed E-state index contributed by atoms with van der Waals surface area (Å²) in [4.78, 5) is 14.5. The number of halogens is 2. The molecule has 2 aromatic rings. The van der Waals surface area contributed by atoms with E-state index in [9.17, 15) is 13.6 Å². The number of pyridine rings is 1. The van der Waals surface area contributed by atoms with Crippen LogP contribution in [0.25, 0.3) is 5.82 Å². The molecular weight excluding hydrogens is 246 g/mol. The second-order valence-corrected chi connectivity index (χ2v) is 3.31. The van der Waals surface area contributed by atoms with Crippen molar-refractivity contribution in [3.8, 4) is 5.82 Å². The Morgan fingerprint density at radius 1 is 1.39 bits per heavy atom. The Kier molecular flexibility index (Phi) is 2.90. The van der Waals surface area contributed by atoms with Crippen molar-refractivity contribution < 1.29 is 13.6 Å². The number of hydrogen-bond acceptors (Lipinski definition) is 5. The van der Waals surface area contributed by atoms with Crippen LogP contribution >= 0.6 is 0 Å². The van der Waals surface area contributed by atoms with Gasteiger partial charge in [-0.1, -0.05) is 0 Å². The van der Waals surface area contributed by atoms with Crippen LogP contribution in [0.3, 0.4) is 0 Å². The molecule has 0 spiro atoms. The van der Waals surface area contributed by atoms with Crippen molar-refractivity contribution in [3.63, 3.8) is 0 Å². The van der Waals surface area contributed by atoms with Crippen molar-refractivity contribution in [3.05, 3.63) is 35.7 Å². The van der Waals surface area contributed by atoms with Crippen LogP contribution in [0.1, 0.15) is 10.4 Å². The topological polar surface area (TPSA) is 112 Å². The molecule has 18 heavy (non-hydrogen) atoms. The number of amides is 1. The van der Waals surface area contributed by atoms with Gasteiger partial charge in [-0.25, -0.2) is 24.3 Å². The zero-order valence-corrected chi connectivity index (χ0v) is 8.89. The minimum Gasteiger partial charge on any atom is -0.366 e. The first-order valence-corrected chi connectivity index (χ1v) is 4.70. The van der Waals surface area contributed by atoms with Crippen LogP contribution in [0, 0.1) is 11.6 Å². The van der Waals surface area contributed by atoms with E-state index in [1.165, 1.54) is 6.20 Å². The SMILES string of the molecule is NNc1nc(-n2cc(C(N)=O)cn2)c(F)cc1F. The fourth-order valence-electron chi connectivity index (χ4n) is 1.28. The van der Waals surface area contributed by atoms with Crippen LogP contribution in [-0.4, -0.2) is 20.7 Å². The number of aromatic nitrogens is 3. The number of hydrogen-bond donors (Lipinski definition) is 3. The summed E-state index contributed by atoms with van der Waals surface area (Å²) in [7, 11) is 0. The number of primary amides is 1. The number of nitrogens with one attached hydrogen (secondary N) is 1. The molecule has 5 N–H and O–H groups in total. The number of rotatable bonds is 3. The van der Waals surface area contributed by atoms with Crippen molar-refractivity contribution >= 4 is 11.7 Å². The third-order valence-electron chi connectivity index (χ3n) is 2.13. The molecule has 9 heteroatoms. The number of anilines is 1. The minimum absolute atomic E-state index is 0.0720. The lowest BCUT2D eigenvalue weighted by Crippen LogP contribution is -2.14. The number of nitrogens with two attached hydrogens (primary N) is 2. The highest BCUT2D eigenvalue weighted by Crippen LogP contribution is 2.17. The third-order valence-corrected chi connectivity index (χ3v) is 2.13. The highest BCUT2D eigenvalue weighted by molar-refractivity contribution is 5.92. The summed E-state index contributed by atoms with van der Waals surface area (Å²) in [6.45, 7) is 0. The Hall–Kier alpha value is -2.55. The largest absolute Gasteiger partial charge is 0.366 e. The molecule has 1 amide bonds. The summed E-state index contributed by atoms with van der Waals surface area (Å²) >= 11 is 0. The zero-order valence-electron chi connectivity index (χ0n) is 8.89. The van der Waals surface area contributed by atoms with Crippen molar-refractivity contribution in [2.24, 2.45) is 11.6 Å². The maximum atomic E-state index is 13.5. The lowest BCUT2D eigenvalue weighted by Gasteiger charge is -2.06. The first-order valence-electron chi connectivity index (χ1n) is 4.70. The summed E-state index contributed by atoms with van der Waals surface area (Å²) in [5, 5.41) is 3.70. The van der Waals surface area contributed by atoms with E-state index in [1.807, 2.05) is 5.43 Å². The molecule has 0 saturated heterocycles.